The molecule has 2 aliphatic heterocycles. The fourth-order valence-corrected chi connectivity index (χ4v) is 3.16. The van der Waals surface area contributed by atoms with Gasteiger partial charge in [0.05, 0.1) is 38.4 Å². The van der Waals surface area contributed by atoms with Crippen LogP contribution >= 0.6 is 0 Å². The fourth-order valence-electron chi connectivity index (χ4n) is 3.16. The van der Waals surface area contributed by atoms with Crippen LogP contribution in [0.5, 0.6) is 0 Å². The van der Waals surface area contributed by atoms with Crippen molar-refractivity contribution in [3.63, 3.8) is 0 Å². The predicted octanol–water partition coefficient (Wildman–Crippen LogP) is 0.925. The van der Waals surface area contributed by atoms with E-state index in [4.69, 9.17) is 19.7 Å². The first-order chi connectivity index (χ1) is 12.7. The summed E-state index contributed by atoms with van der Waals surface area (Å²) in [7, 11) is 1.98. The third kappa shape index (κ3) is 4.34. The highest BCUT2D eigenvalue weighted by Gasteiger charge is 2.25. The van der Waals surface area contributed by atoms with Crippen LogP contribution in [0.4, 0.5) is 5.88 Å². The van der Waals surface area contributed by atoms with E-state index in [1.54, 1.807) is 0 Å². The monoisotopic (exact) mass is 356 g/mol. The number of likely N-dealkylation sites (N-methyl/N-ethyl adjacent to an activating group) is 1. The highest BCUT2D eigenvalue weighted by molar-refractivity contribution is 5.90. The number of nitrogens with zero attached hydrogens (tertiary/aromatic N) is 6. The SMILES string of the molecule is CN(CCN1CCN=C1C(C#N)C#N)c1ccc(CN2CCOCC2)o1. The summed E-state index contributed by atoms with van der Waals surface area (Å²) >= 11 is 0. The third-order valence-electron chi connectivity index (χ3n) is 4.70. The summed E-state index contributed by atoms with van der Waals surface area (Å²) in [6, 6.07) is 8.02. The van der Waals surface area contributed by atoms with Crippen LogP contribution in [-0.2, 0) is 11.3 Å². The largest absolute Gasteiger partial charge is 0.444 e. The second kappa shape index (κ2) is 8.70. The van der Waals surface area contributed by atoms with Gasteiger partial charge < -0.3 is 19.0 Å². The van der Waals surface area contributed by atoms with Crippen molar-refractivity contribution >= 4 is 11.7 Å². The van der Waals surface area contributed by atoms with Crippen LogP contribution in [0.25, 0.3) is 0 Å². The lowest BCUT2D eigenvalue weighted by Crippen LogP contribution is -2.38. The lowest BCUT2D eigenvalue weighted by atomic mass is 10.1. The highest BCUT2D eigenvalue weighted by Crippen LogP contribution is 2.19. The summed E-state index contributed by atoms with van der Waals surface area (Å²) in [5.41, 5.74) is 0. The van der Waals surface area contributed by atoms with E-state index in [9.17, 15) is 0 Å². The van der Waals surface area contributed by atoms with E-state index in [0.717, 1.165) is 57.6 Å². The molecule has 0 N–H and O–H groups in total. The lowest BCUT2D eigenvalue weighted by molar-refractivity contribution is 0.0314. The van der Waals surface area contributed by atoms with Crippen molar-refractivity contribution < 1.29 is 9.15 Å². The number of anilines is 1. The molecule has 0 radical (unpaired) electrons. The number of rotatable bonds is 7. The molecule has 0 amide bonds. The molecule has 1 saturated heterocycles. The van der Waals surface area contributed by atoms with E-state index in [2.05, 4.69) is 9.89 Å². The Bertz CT molecular complexity index is 696. The molecule has 3 heterocycles. The molecular formula is C18H24N6O2. The second-order valence-corrected chi connectivity index (χ2v) is 6.47. The van der Waals surface area contributed by atoms with E-state index in [1.807, 2.05) is 41.1 Å². The molecular weight excluding hydrogens is 332 g/mol. The molecule has 2 aliphatic rings. The highest BCUT2D eigenvalue weighted by atomic mass is 16.5. The first-order valence-corrected chi connectivity index (χ1v) is 8.89. The van der Waals surface area contributed by atoms with Gasteiger partial charge in [0.2, 0.25) is 0 Å². The van der Waals surface area contributed by atoms with Crippen molar-refractivity contribution in [2.75, 3.05) is 64.4 Å². The van der Waals surface area contributed by atoms with Gasteiger partial charge in [0.1, 0.15) is 11.6 Å². The Kier molecular flexibility index (Phi) is 6.11. The van der Waals surface area contributed by atoms with E-state index in [-0.39, 0.29) is 0 Å². The summed E-state index contributed by atoms with van der Waals surface area (Å²) in [4.78, 5) is 10.7. The average molecular weight is 356 g/mol. The summed E-state index contributed by atoms with van der Waals surface area (Å²) < 4.78 is 11.3. The number of hydrogen-bond donors (Lipinski definition) is 0. The average Bonchev–Trinajstić information content (AvgIpc) is 3.32. The Morgan fingerprint density at radius 2 is 2.00 bits per heavy atom. The zero-order chi connectivity index (χ0) is 18.4. The van der Waals surface area contributed by atoms with Gasteiger partial charge in [-0.2, -0.15) is 10.5 Å². The Morgan fingerprint density at radius 1 is 1.23 bits per heavy atom. The molecule has 138 valence electrons. The first-order valence-electron chi connectivity index (χ1n) is 8.89. The predicted molar refractivity (Wildman–Crippen MR) is 96.7 cm³/mol. The summed E-state index contributed by atoms with van der Waals surface area (Å²) in [6.07, 6.45) is 0. The molecule has 0 bridgehead atoms. The molecule has 1 aromatic rings. The van der Waals surface area contributed by atoms with Gasteiger partial charge in [-0.1, -0.05) is 0 Å². The van der Waals surface area contributed by atoms with Gasteiger partial charge in [0.25, 0.3) is 0 Å². The van der Waals surface area contributed by atoms with Gasteiger partial charge in [-0.15, -0.1) is 0 Å². The van der Waals surface area contributed by atoms with Crippen LogP contribution in [0, 0.1) is 28.6 Å². The topological polar surface area (TPSA) is 92.0 Å². The molecule has 0 aromatic carbocycles. The van der Waals surface area contributed by atoms with E-state index < -0.39 is 5.92 Å². The fraction of sp³-hybridized carbons (Fsp3) is 0.611. The zero-order valence-corrected chi connectivity index (χ0v) is 15.1. The number of hydrogen-bond acceptors (Lipinski definition) is 8. The minimum Gasteiger partial charge on any atom is -0.444 e. The number of morpholine rings is 1. The number of nitriles is 2. The van der Waals surface area contributed by atoms with Gasteiger partial charge in [-0.05, 0) is 6.07 Å². The van der Waals surface area contributed by atoms with Crippen molar-refractivity contribution in [2.45, 2.75) is 6.54 Å². The van der Waals surface area contributed by atoms with Crippen LogP contribution in [-0.4, -0.2) is 75.2 Å². The molecule has 0 aliphatic carbocycles. The van der Waals surface area contributed by atoms with Crippen molar-refractivity contribution in [2.24, 2.45) is 10.9 Å². The normalized spacial score (nSPS) is 17.8. The van der Waals surface area contributed by atoms with E-state index in [0.29, 0.717) is 18.9 Å². The zero-order valence-electron chi connectivity index (χ0n) is 15.1. The molecule has 0 saturated carbocycles. The minimum absolute atomic E-state index is 0.593. The van der Waals surface area contributed by atoms with Crippen LogP contribution in [0.1, 0.15) is 5.76 Å². The Labute approximate surface area is 153 Å². The first kappa shape index (κ1) is 18.2. The van der Waals surface area contributed by atoms with E-state index in [1.165, 1.54) is 0 Å². The molecule has 0 unspecified atom stereocenters. The van der Waals surface area contributed by atoms with E-state index >= 15 is 0 Å². The lowest BCUT2D eigenvalue weighted by Gasteiger charge is -2.26. The molecule has 1 fully saturated rings. The maximum Gasteiger partial charge on any atom is 0.195 e. The van der Waals surface area contributed by atoms with Crippen molar-refractivity contribution in [1.82, 2.24) is 9.80 Å². The van der Waals surface area contributed by atoms with Crippen molar-refractivity contribution in [3.05, 3.63) is 17.9 Å². The summed E-state index contributed by atoms with van der Waals surface area (Å²) in [6.45, 7) is 7.05. The van der Waals surface area contributed by atoms with Gasteiger partial charge in [-0.25, -0.2) is 0 Å². The summed E-state index contributed by atoms with van der Waals surface area (Å²) in [5, 5.41) is 18.2. The Hall–Kier alpha value is -2.55. The molecule has 0 spiro atoms. The van der Waals surface area contributed by atoms with Crippen molar-refractivity contribution in [1.29, 1.82) is 10.5 Å². The molecule has 0 atom stereocenters. The number of amidine groups is 1. The summed E-state index contributed by atoms with van der Waals surface area (Å²) in [5.74, 6) is 1.58. The maximum absolute atomic E-state index is 9.08. The minimum atomic E-state index is -0.786. The molecule has 8 heteroatoms. The quantitative estimate of drug-likeness (QED) is 0.717. The molecule has 8 nitrogen and oxygen atoms in total. The maximum atomic E-state index is 9.08. The van der Waals surface area contributed by atoms with Crippen LogP contribution in [0.3, 0.4) is 0 Å². The van der Waals surface area contributed by atoms with Gasteiger partial charge in [0, 0.05) is 45.8 Å². The van der Waals surface area contributed by atoms with Crippen LogP contribution < -0.4 is 4.90 Å². The molecule has 3 rings (SSSR count). The standard InChI is InChI=1S/C18H24N6O2/c1-22(6-7-24-5-4-21-18(24)15(12-19)13-20)17-3-2-16(26-17)14-23-8-10-25-11-9-23/h2-3,15H,4-11,14H2,1H3. The molecule has 1 aromatic heterocycles. The third-order valence-corrected chi connectivity index (χ3v) is 4.70. The molecule has 26 heavy (non-hydrogen) atoms. The Balaban J connectivity index is 1.51. The number of ether oxygens (including phenoxy) is 1. The second-order valence-electron chi connectivity index (χ2n) is 6.47. The van der Waals surface area contributed by atoms with Gasteiger partial charge in [-0.3, -0.25) is 9.89 Å². The number of furan rings is 1. The van der Waals surface area contributed by atoms with Crippen LogP contribution in [0.2, 0.25) is 0 Å². The smallest absolute Gasteiger partial charge is 0.195 e. The van der Waals surface area contributed by atoms with Crippen molar-refractivity contribution in [3.8, 4) is 12.1 Å². The van der Waals surface area contributed by atoms with Crippen LogP contribution in [0.15, 0.2) is 21.5 Å². The van der Waals surface area contributed by atoms with Gasteiger partial charge in [0.15, 0.2) is 11.8 Å². The van der Waals surface area contributed by atoms with Gasteiger partial charge >= 0.3 is 0 Å². The number of aliphatic imine (C=N–C) groups is 1. The Morgan fingerprint density at radius 3 is 2.73 bits per heavy atom.